The number of hydrogen-bond donors (Lipinski definition) is 0. The molecule has 0 unspecified atom stereocenters. The van der Waals surface area contributed by atoms with Gasteiger partial charge in [0.05, 0.1) is 32.3 Å². The molecule has 0 saturated heterocycles. The van der Waals surface area contributed by atoms with Gasteiger partial charge in [0.1, 0.15) is 33.6 Å². The van der Waals surface area contributed by atoms with Crippen molar-refractivity contribution in [2.75, 3.05) is 14.2 Å². The molecule has 0 aliphatic carbocycles. The fourth-order valence-corrected chi connectivity index (χ4v) is 3.23. The Balaban J connectivity index is 2.24. The number of carbonyl (C=O) groups excluding carboxylic acids is 1. The minimum atomic E-state index is -0.518. The van der Waals surface area contributed by atoms with Crippen molar-refractivity contribution in [3.8, 4) is 28.4 Å². The first-order valence-corrected chi connectivity index (χ1v) is 8.40. The molecule has 7 heteroatoms. The van der Waals surface area contributed by atoms with Crippen molar-refractivity contribution in [3.63, 3.8) is 0 Å². The third kappa shape index (κ3) is 2.68. The zero-order valence-electron chi connectivity index (χ0n) is 15.4. The molecule has 0 amide bonds. The monoisotopic (exact) mass is 380 g/mol. The summed E-state index contributed by atoms with van der Waals surface area (Å²) in [5.74, 6) is 0.295. The van der Waals surface area contributed by atoms with Crippen molar-refractivity contribution >= 4 is 27.9 Å². The minimum absolute atomic E-state index is 0.198. The number of furan rings is 1. The van der Waals surface area contributed by atoms with Crippen LogP contribution in [0.1, 0.15) is 6.92 Å². The number of benzene rings is 2. The number of ether oxygens (including phenoxy) is 3. The molecule has 0 bridgehead atoms. The number of rotatable bonds is 4. The fraction of sp³-hybridized carbons (Fsp3) is 0.143. The van der Waals surface area contributed by atoms with Crippen LogP contribution in [0, 0.1) is 0 Å². The molecular formula is C21H16O7. The smallest absolute Gasteiger partial charge is 0.308 e. The van der Waals surface area contributed by atoms with Crippen LogP contribution in [0.25, 0.3) is 33.1 Å². The van der Waals surface area contributed by atoms with Gasteiger partial charge in [-0.05, 0) is 18.2 Å². The van der Waals surface area contributed by atoms with E-state index in [-0.39, 0.29) is 27.9 Å². The van der Waals surface area contributed by atoms with Gasteiger partial charge in [-0.25, -0.2) is 0 Å². The van der Waals surface area contributed by atoms with Crippen molar-refractivity contribution in [1.29, 1.82) is 0 Å². The molecule has 0 spiro atoms. The van der Waals surface area contributed by atoms with Crippen LogP contribution in [-0.4, -0.2) is 20.2 Å². The molecule has 142 valence electrons. The Bertz CT molecular complexity index is 1250. The maximum absolute atomic E-state index is 13.4. The highest BCUT2D eigenvalue weighted by Crippen LogP contribution is 2.43. The van der Waals surface area contributed by atoms with Crippen LogP contribution < -0.4 is 19.6 Å². The first-order valence-electron chi connectivity index (χ1n) is 8.40. The second-order valence-electron chi connectivity index (χ2n) is 6.03. The Morgan fingerprint density at radius 2 is 1.79 bits per heavy atom. The zero-order chi connectivity index (χ0) is 19.8. The van der Waals surface area contributed by atoms with Crippen molar-refractivity contribution in [3.05, 3.63) is 53.1 Å². The molecule has 0 atom stereocenters. The van der Waals surface area contributed by atoms with Gasteiger partial charge in [0.2, 0.25) is 5.43 Å². The van der Waals surface area contributed by atoms with Crippen LogP contribution >= 0.6 is 0 Å². The van der Waals surface area contributed by atoms with Crippen LogP contribution in [0.4, 0.5) is 0 Å². The lowest BCUT2D eigenvalue weighted by atomic mass is 10.0. The molecular weight excluding hydrogens is 364 g/mol. The largest absolute Gasteiger partial charge is 0.496 e. The van der Waals surface area contributed by atoms with E-state index in [9.17, 15) is 9.59 Å². The molecule has 4 rings (SSSR count). The van der Waals surface area contributed by atoms with Gasteiger partial charge in [-0.15, -0.1) is 0 Å². The van der Waals surface area contributed by atoms with Gasteiger partial charge in [0.25, 0.3) is 0 Å². The van der Waals surface area contributed by atoms with Crippen molar-refractivity contribution < 1.29 is 27.8 Å². The van der Waals surface area contributed by atoms with Gasteiger partial charge < -0.3 is 23.0 Å². The maximum Gasteiger partial charge on any atom is 0.308 e. The SMILES string of the molecule is COc1cccc2oc3c(-c4ccoc4)c(OC(C)=O)cc(OC)c3c(=O)c12. The quantitative estimate of drug-likeness (QED) is 0.298. The summed E-state index contributed by atoms with van der Waals surface area (Å²) >= 11 is 0. The molecule has 4 aromatic rings. The molecule has 2 aromatic heterocycles. The van der Waals surface area contributed by atoms with E-state index in [4.69, 9.17) is 23.0 Å². The van der Waals surface area contributed by atoms with Crippen LogP contribution in [0.15, 0.2) is 56.5 Å². The van der Waals surface area contributed by atoms with Crippen molar-refractivity contribution in [2.45, 2.75) is 6.92 Å². The topological polar surface area (TPSA) is 88.1 Å². The standard InChI is InChI=1S/C21H16O7/c1-11(22)27-16-9-15(25-3)19-20(23)18-13(24-2)5-4-6-14(18)28-21(19)17(16)12-7-8-26-10-12/h4-10H,1-3H3. The van der Waals surface area contributed by atoms with Gasteiger partial charge in [-0.1, -0.05) is 6.07 Å². The van der Waals surface area contributed by atoms with Crippen LogP contribution in [-0.2, 0) is 4.79 Å². The summed E-state index contributed by atoms with van der Waals surface area (Å²) in [5.41, 5.74) is 1.26. The lowest BCUT2D eigenvalue weighted by Crippen LogP contribution is -2.09. The second kappa shape index (κ2) is 6.77. The molecule has 0 N–H and O–H groups in total. The van der Waals surface area contributed by atoms with Crippen molar-refractivity contribution in [2.24, 2.45) is 0 Å². The first kappa shape index (κ1) is 17.7. The number of carbonyl (C=O) groups is 1. The average molecular weight is 380 g/mol. The van der Waals surface area contributed by atoms with Gasteiger partial charge in [0.15, 0.2) is 5.58 Å². The zero-order valence-corrected chi connectivity index (χ0v) is 15.4. The molecule has 2 heterocycles. The number of methoxy groups -OCH3 is 2. The molecule has 0 aliphatic heterocycles. The molecule has 28 heavy (non-hydrogen) atoms. The Morgan fingerprint density at radius 3 is 2.43 bits per heavy atom. The van der Waals surface area contributed by atoms with E-state index in [1.165, 1.54) is 39.7 Å². The van der Waals surface area contributed by atoms with E-state index in [2.05, 4.69) is 0 Å². The predicted molar refractivity (Wildman–Crippen MR) is 102 cm³/mol. The molecule has 0 radical (unpaired) electrons. The first-order chi connectivity index (χ1) is 13.5. The lowest BCUT2D eigenvalue weighted by Gasteiger charge is -2.14. The summed E-state index contributed by atoms with van der Waals surface area (Å²) in [6.45, 7) is 1.29. The summed E-state index contributed by atoms with van der Waals surface area (Å²) in [6, 6.07) is 8.25. The Morgan fingerprint density at radius 1 is 1.00 bits per heavy atom. The molecule has 2 aromatic carbocycles. The third-order valence-corrected chi connectivity index (χ3v) is 4.37. The van der Waals surface area contributed by atoms with Gasteiger partial charge in [0, 0.05) is 18.6 Å². The Hall–Kier alpha value is -3.74. The third-order valence-electron chi connectivity index (χ3n) is 4.37. The van der Waals surface area contributed by atoms with E-state index in [0.717, 1.165) is 0 Å². The number of fused-ring (bicyclic) bond motifs is 2. The second-order valence-corrected chi connectivity index (χ2v) is 6.03. The molecule has 7 nitrogen and oxygen atoms in total. The minimum Gasteiger partial charge on any atom is -0.496 e. The van der Waals surface area contributed by atoms with E-state index in [1.54, 1.807) is 24.3 Å². The Kier molecular flexibility index (Phi) is 4.27. The lowest BCUT2D eigenvalue weighted by molar-refractivity contribution is -0.131. The van der Waals surface area contributed by atoms with E-state index >= 15 is 0 Å². The number of hydrogen-bond acceptors (Lipinski definition) is 7. The summed E-state index contributed by atoms with van der Waals surface area (Å²) in [4.78, 5) is 25.0. The summed E-state index contributed by atoms with van der Waals surface area (Å²) < 4.78 is 27.4. The molecule has 0 aliphatic rings. The summed E-state index contributed by atoms with van der Waals surface area (Å²) in [7, 11) is 2.91. The predicted octanol–water partition coefficient (Wildman–Crippen LogP) is 4.15. The van der Waals surface area contributed by atoms with E-state index in [0.29, 0.717) is 27.8 Å². The highest BCUT2D eigenvalue weighted by Gasteiger charge is 2.24. The van der Waals surface area contributed by atoms with Crippen LogP contribution in [0.5, 0.6) is 17.2 Å². The molecule has 0 fully saturated rings. The number of esters is 1. The van der Waals surface area contributed by atoms with E-state index < -0.39 is 5.97 Å². The van der Waals surface area contributed by atoms with Crippen LogP contribution in [0.3, 0.4) is 0 Å². The van der Waals surface area contributed by atoms with Gasteiger partial charge >= 0.3 is 5.97 Å². The molecule has 0 saturated carbocycles. The average Bonchev–Trinajstić information content (AvgIpc) is 3.20. The highest BCUT2D eigenvalue weighted by atomic mass is 16.5. The fourth-order valence-electron chi connectivity index (χ4n) is 3.23. The summed E-state index contributed by atoms with van der Waals surface area (Å²) in [5, 5.41) is 0.515. The van der Waals surface area contributed by atoms with E-state index in [1.807, 2.05) is 0 Å². The summed E-state index contributed by atoms with van der Waals surface area (Å²) in [6.07, 6.45) is 2.95. The van der Waals surface area contributed by atoms with Crippen molar-refractivity contribution in [1.82, 2.24) is 0 Å². The normalized spacial score (nSPS) is 11.0. The van der Waals surface area contributed by atoms with Crippen LogP contribution in [0.2, 0.25) is 0 Å². The highest BCUT2D eigenvalue weighted by molar-refractivity contribution is 6.04. The van der Waals surface area contributed by atoms with Gasteiger partial charge in [-0.3, -0.25) is 9.59 Å². The van der Waals surface area contributed by atoms with Gasteiger partial charge in [-0.2, -0.15) is 0 Å². The Labute approximate surface area is 159 Å². The maximum atomic E-state index is 13.4.